The van der Waals surface area contributed by atoms with E-state index in [1.54, 1.807) is 0 Å². The molecule has 1 atom stereocenters. The Kier molecular flexibility index (Phi) is 4.02. The van der Waals surface area contributed by atoms with E-state index >= 15 is 0 Å². The third kappa shape index (κ3) is 2.72. The fourth-order valence-corrected chi connectivity index (χ4v) is 2.90. The van der Waals surface area contributed by atoms with Gasteiger partial charge in [0.1, 0.15) is 0 Å². The van der Waals surface area contributed by atoms with Gasteiger partial charge in [-0.1, -0.05) is 64.5 Å². The standard InChI is InChI=1S/C15H15BrO2/c1-18-14(17)11-15(16)10-6-5-9-13(15)12-7-3-2-4-8-12/h2-9H,10-11H2,1H3. The number of carbonyl (C=O) groups is 1. The zero-order valence-corrected chi connectivity index (χ0v) is 11.8. The molecule has 0 saturated heterocycles. The summed E-state index contributed by atoms with van der Waals surface area (Å²) in [4.78, 5) is 11.6. The Morgan fingerprint density at radius 2 is 2.11 bits per heavy atom. The molecule has 18 heavy (non-hydrogen) atoms. The highest BCUT2D eigenvalue weighted by Gasteiger charge is 2.35. The van der Waals surface area contributed by atoms with Crippen LogP contribution in [0.25, 0.3) is 5.57 Å². The molecule has 1 aliphatic rings. The third-order valence-electron chi connectivity index (χ3n) is 3.06. The molecule has 2 rings (SSSR count). The highest BCUT2D eigenvalue weighted by molar-refractivity contribution is 9.10. The summed E-state index contributed by atoms with van der Waals surface area (Å²) in [6, 6.07) is 10.1. The first-order chi connectivity index (χ1) is 8.65. The normalized spacial score (nSPS) is 22.4. The van der Waals surface area contributed by atoms with Gasteiger partial charge in [0.2, 0.25) is 0 Å². The highest BCUT2D eigenvalue weighted by atomic mass is 79.9. The van der Waals surface area contributed by atoms with Crippen LogP contribution in [0.2, 0.25) is 0 Å². The van der Waals surface area contributed by atoms with Crippen molar-refractivity contribution >= 4 is 27.5 Å². The zero-order valence-electron chi connectivity index (χ0n) is 10.2. The minimum absolute atomic E-state index is 0.205. The van der Waals surface area contributed by atoms with Crippen molar-refractivity contribution in [3.63, 3.8) is 0 Å². The molecule has 1 aromatic rings. The van der Waals surface area contributed by atoms with Crippen molar-refractivity contribution in [1.29, 1.82) is 0 Å². The average Bonchev–Trinajstić information content (AvgIpc) is 2.39. The summed E-state index contributed by atoms with van der Waals surface area (Å²) >= 11 is 3.72. The van der Waals surface area contributed by atoms with Gasteiger partial charge < -0.3 is 4.74 Å². The zero-order chi connectivity index (χ0) is 13.0. The second-order valence-electron chi connectivity index (χ2n) is 4.30. The molecule has 2 nitrogen and oxygen atoms in total. The second kappa shape index (κ2) is 5.53. The van der Waals surface area contributed by atoms with E-state index in [1.807, 2.05) is 24.3 Å². The van der Waals surface area contributed by atoms with Crippen molar-refractivity contribution < 1.29 is 9.53 Å². The number of benzene rings is 1. The second-order valence-corrected chi connectivity index (χ2v) is 5.81. The smallest absolute Gasteiger partial charge is 0.307 e. The van der Waals surface area contributed by atoms with E-state index < -0.39 is 0 Å². The number of hydrogen-bond acceptors (Lipinski definition) is 2. The molecular weight excluding hydrogens is 292 g/mol. The molecule has 0 aromatic heterocycles. The van der Waals surface area contributed by atoms with E-state index in [2.05, 4.69) is 40.2 Å². The lowest BCUT2D eigenvalue weighted by atomic mass is 9.84. The summed E-state index contributed by atoms with van der Waals surface area (Å²) in [5.74, 6) is -0.205. The van der Waals surface area contributed by atoms with Gasteiger partial charge in [0, 0.05) is 0 Å². The Labute approximate surface area is 115 Å². The Bertz CT molecular complexity index is 490. The molecule has 0 radical (unpaired) electrons. The molecule has 94 valence electrons. The van der Waals surface area contributed by atoms with Gasteiger partial charge >= 0.3 is 5.97 Å². The van der Waals surface area contributed by atoms with E-state index in [-0.39, 0.29) is 10.3 Å². The summed E-state index contributed by atoms with van der Waals surface area (Å²) in [5, 5.41) is 0. The fourth-order valence-electron chi connectivity index (χ4n) is 2.12. The van der Waals surface area contributed by atoms with Crippen LogP contribution in [0.4, 0.5) is 0 Å². The largest absolute Gasteiger partial charge is 0.469 e. The lowest BCUT2D eigenvalue weighted by Gasteiger charge is -2.30. The third-order valence-corrected chi connectivity index (χ3v) is 4.09. The lowest BCUT2D eigenvalue weighted by Crippen LogP contribution is -2.28. The van der Waals surface area contributed by atoms with Gasteiger partial charge in [-0.2, -0.15) is 0 Å². The van der Waals surface area contributed by atoms with Crippen LogP contribution >= 0.6 is 15.9 Å². The number of methoxy groups -OCH3 is 1. The van der Waals surface area contributed by atoms with Gasteiger partial charge in [-0.05, 0) is 17.6 Å². The van der Waals surface area contributed by atoms with Crippen LogP contribution in [0.5, 0.6) is 0 Å². The fraction of sp³-hybridized carbons (Fsp3) is 0.267. The monoisotopic (exact) mass is 306 g/mol. The van der Waals surface area contributed by atoms with E-state index in [9.17, 15) is 4.79 Å². The molecule has 0 spiro atoms. The Hall–Kier alpha value is -1.35. The number of rotatable bonds is 3. The predicted octanol–water partition coefficient (Wildman–Crippen LogP) is 3.73. The quantitative estimate of drug-likeness (QED) is 0.628. The SMILES string of the molecule is COC(=O)CC1(Br)CC=CC=C1c1ccccc1. The van der Waals surface area contributed by atoms with Gasteiger partial charge in [0.25, 0.3) is 0 Å². The van der Waals surface area contributed by atoms with E-state index in [0.29, 0.717) is 6.42 Å². The number of ether oxygens (including phenoxy) is 1. The van der Waals surface area contributed by atoms with Crippen LogP contribution in [0.15, 0.2) is 48.6 Å². The van der Waals surface area contributed by atoms with Crippen LogP contribution in [-0.2, 0) is 9.53 Å². The van der Waals surface area contributed by atoms with Crippen LogP contribution < -0.4 is 0 Å². The maximum Gasteiger partial charge on any atom is 0.307 e. The lowest BCUT2D eigenvalue weighted by molar-refractivity contribution is -0.140. The van der Waals surface area contributed by atoms with Crippen molar-refractivity contribution in [2.75, 3.05) is 7.11 Å². The van der Waals surface area contributed by atoms with Gasteiger partial charge in [0.05, 0.1) is 17.9 Å². The van der Waals surface area contributed by atoms with Crippen molar-refractivity contribution in [3.8, 4) is 0 Å². The molecule has 0 heterocycles. The molecule has 0 bridgehead atoms. The first-order valence-corrected chi connectivity index (χ1v) is 6.63. The molecule has 1 unspecified atom stereocenters. The first-order valence-electron chi connectivity index (χ1n) is 5.84. The first kappa shape index (κ1) is 13.1. The van der Waals surface area contributed by atoms with Crippen molar-refractivity contribution in [2.45, 2.75) is 17.2 Å². The van der Waals surface area contributed by atoms with Crippen molar-refractivity contribution in [2.24, 2.45) is 0 Å². The van der Waals surface area contributed by atoms with Gasteiger partial charge in [0.15, 0.2) is 0 Å². The topological polar surface area (TPSA) is 26.3 Å². The predicted molar refractivity (Wildman–Crippen MR) is 76.5 cm³/mol. The van der Waals surface area contributed by atoms with Gasteiger partial charge in [-0.25, -0.2) is 0 Å². The number of carbonyl (C=O) groups excluding carboxylic acids is 1. The van der Waals surface area contributed by atoms with Gasteiger partial charge in [-0.15, -0.1) is 0 Å². The van der Waals surface area contributed by atoms with Crippen molar-refractivity contribution in [3.05, 3.63) is 54.1 Å². The van der Waals surface area contributed by atoms with Gasteiger partial charge in [-0.3, -0.25) is 4.79 Å². The molecule has 1 aliphatic carbocycles. The minimum Gasteiger partial charge on any atom is -0.469 e. The number of halogens is 1. The summed E-state index contributed by atoms with van der Waals surface area (Å²) in [5.41, 5.74) is 2.25. The molecule has 0 amide bonds. The molecule has 0 fully saturated rings. The van der Waals surface area contributed by atoms with Crippen LogP contribution in [0.3, 0.4) is 0 Å². The minimum atomic E-state index is -0.365. The molecule has 3 heteroatoms. The Balaban J connectivity index is 2.33. The average molecular weight is 307 g/mol. The maximum atomic E-state index is 11.6. The highest BCUT2D eigenvalue weighted by Crippen LogP contribution is 2.43. The molecular formula is C15H15BrO2. The molecule has 0 N–H and O–H groups in total. The molecule has 0 saturated carbocycles. The summed E-state index contributed by atoms with van der Waals surface area (Å²) in [7, 11) is 1.42. The van der Waals surface area contributed by atoms with Crippen LogP contribution in [0, 0.1) is 0 Å². The Morgan fingerprint density at radius 3 is 2.78 bits per heavy atom. The maximum absolute atomic E-state index is 11.6. The van der Waals surface area contributed by atoms with E-state index in [4.69, 9.17) is 4.74 Å². The molecule has 1 aromatic carbocycles. The Morgan fingerprint density at radius 1 is 1.39 bits per heavy atom. The van der Waals surface area contributed by atoms with Crippen molar-refractivity contribution in [1.82, 2.24) is 0 Å². The number of hydrogen-bond donors (Lipinski definition) is 0. The number of allylic oxidation sites excluding steroid dienone is 4. The molecule has 0 aliphatic heterocycles. The van der Waals surface area contributed by atoms with E-state index in [0.717, 1.165) is 17.6 Å². The van der Waals surface area contributed by atoms with Crippen LogP contribution in [0.1, 0.15) is 18.4 Å². The summed E-state index contributed by atoms with van der Waals surface area (Å²) < 4.78 is 4.42. The number of alkyl halides is 1. The number of esters is 1. The van der Waals surface area contributed by atoms with E-state index in [1.165, 1.54) is 7.11 Å². The van der Waals surface area contributed by atoms with Crippen LogP contribution in [-0.4, -0.2) is 17.4 Å². The summed E-state index contributed by atoms with van der Waals surface area (Å²) in [6.07, 6.45) is 7.25. The summed E-state index contributed by atoms with van der Waals surface area (Å²) in [6.45, 7) is 0.